The Morgan fingerprint density at radius 1 is 1.36 bits per heavy atom. The van der Waals surface area contributed by atoms with Crippen LogP contribution in [0.4, 0.5) is 0 Å². The van der Waals surface area contributed by atoms with Crippen molar-refractivity contribution in [1.82, 2.24) is 0 Å². The zero-order chi connectivity index (χ0) is 8.69. The Bertz CT molecular complexity index is 184. The minimum Gasteiger partial charge on any atom is -0.405 e. The van der Waals surface area contributed by atoms with E-state index in [1.54, 1.807) is 6.08 Å². The van der Waals surface area contributed by atoms with E-state index in [1.165, 1.54) is 6.20 Å². The third-order valence-electron chi connectivity index (χ3n) is 1.26. The summed E-state index contributed by atoms with van der Waals surface area (Å²) in [5, 5.41) is 0. The molecule has 0 aliphatic carbocycles. The standard InChI is InChI=1S/C9H16N2/c1-3-4-5-9(6-7-10)8(2)11/h4-7H,3,10-11H2,1-2H3/b5-4-,7-6-,9-8-. The molecule has 0 aliphatic heterocycles. The van der Waals surface area contributed by atoms with Crippen LogP contribution >= 0.6 is 0 Å². The molecule has 2 nitrogen and oxygen atoms in total. The lowest BCUT2D eigenvalue weighted by Crippen LogP contribution is -1.95. The first-order chi connectivity index (χ1) is 5.22. The molecule has 0 atom stereocenters. The summed E-state index contributed by atoms with van der Waals surface area (Å²) in [4.78, 5) is 0. The number of allylic oxidation sites excluding steroid dienone is 5. The van der Waals surface area contributed by atoms with Crippen molar-refractivity contribution >= 4 is 0 Å². The molecule has 0 aromatic carbocycles. The lowest BCUT2D eigenvalue weighted by molar-refractivity contribution is 1.21. The Morgan fingerprint density at radius 3 is 2.36 bits per heavy atom. The molecule has 0 amide bonds. The second-order valence-electron chi connectivity index (χ2n) is 2.31. The Morgan fingerprint density at radius 2 is 2.00 bits per heavy atom. The number of nitrogens with two attached hydrogens (primary N) is 2. The van der Waals surface area contributed by atoms with Crippen molar-refractivity contribution in [2.45, 2.75) is 20.3 Å². The quantitative estimate of drug-likeness (QED) is 0.604. The number of hydrogen-bond acceptors (Lipinski definition) is 2. The summed E-state index contributed by atoms with van der Waals surface area (Å²) in [6.45, 7) is 3.93. The highest BCUT2D eigenvalue weighted by Gasteiger charge is 1.87. The molecule has 0 aliphatic rings. The minimum atomic E-state index is 0.788. The van der Waals surface area contributed by atoms with Crippen LogP contribution < -0.4 is 11.5 Å². The van der Waals surface area contributed by atoms with E-state index >= 15 is 0 Å². The molecule has 0 bridgehead atoms. The maximum Gasteiger partial charge on any atom is 0.0123 e. The Balaban J connectivity index is 4.37. The molecule has 2 heteroatoms. The van der Waals surface area contributed by atoms with Crippen molar-refractivity contribution in [3.8, 4) is 0 Å². The van der Waals surface area contributed by atoms with Gasteiger partial charge < -0.3 is 11.5 Å². The summed E-state index contributed by atoms with van der Waals surface area (Å²) in [5.74, 6) is 0. The molecule has 0 rings (SSSR count). The molecule has 0 aromatic rings. The second kappa shape index (κ2) is 5.59. The zero-order valence-electron chi connectivity index (χ0n) is 7.17. The van der Waals surface area contributed by atoms with Gasteiger partial charge in [-0.3, -0.25) is 0 Å². The van der Waals surface area contributed by atoms with Crippen LogP contribution in [-0.2, 0) is 0 Å². The van der Waals surface area contributed by atoms with Crippen molar-refractivity contribution < 1.29 is 0 Å². The maximum absolute atomic E-state index is 5.59. The van der Waals surface area contributed by atoms with E-state index in [0.717, 1.165) is 17.7 Å². The van der Waals surface area contributed by atoms with Crippen LogP contribution in [0.1, 0.15) is 20.3 Å². The van der Waals surface area contributed by atoms with Gasteiger partial charge in [-0.1, -0.05) is 19.1 Å². The Hall–Kier alpha value is -1.18. The molecule has 0 unspecified atom stereocenters. The van der Waals surface area contributed by atoms with Crippen molar-refractivity contribution in [3.05, 3.63) is 35.7 Å². The maximum atomic E-state index is 5.59. The molecule has 0 saturated carbocycles. The largest absolute Gasteiger partial charge is 0.405 e. The van der Waals surface area contributed by atoms with Crippen LogP contribution in [0.25, 0.3) is 0 Å². The van der Waals surface area contributed by atoms with Crippen molar-refractivity contribution in [2.75, 3.05) is 0 Å². The summed E-state index contributed by atoms with van der Waals surface area (Å²) >= 11 is 0. The first kappa shape index (κ1) is 9.82. The minimum absolute atomic E-state index is 0.788. The predicted octanol–water partition coefficient (Wildman–Crippen LogP) is 1.66. The molecule has 0 fully saturated rings. The predicted molar refractivity (Wildman–Crippen MR) is 49.6 cm³/mol. The summed E-state index contributed by atoms with van der Waals surface area (Å²) in [5.41, 5.74) is 12.6. The summed E-state index contributed by atoms with van der Waals surface area (Å²) in [7, 11) is 0. The van der Waals surface area contributed by atoms with Gasteiger partial charge in [0, 0.05) is 5.70 Å². The molecule has 0 spiro atoms. The molecule has 0 heterocycles. The van der Waals surface area contributed by atoms with Gasteiger partial charge in [-0.05, 0) is 31.2 Å². The van der Waals surface area contributed by atoms with Gasteiger partial charge in [0.25, 0.3) is 0 Å². The first-order valence-electron chi connectivity index (χ1n) is 3.73. The van der Waals surface area contributed by atoms with Crippen molar-refractivity contribution in [1.29, 1.82) is 0 Å². The highest BCUT2D eigenvalue weighted by atomic mass is 14.6. The van der Waals surface area contributed by atoms with E-state index in [-0.39, 0.29) is 0 Å². The van der Waals surface area contributed by atoms with Crippen LogP contribution in [-0.4, -0.2) is 0 Å². The monoisotopic (exact) mass is 152 g/mol. The van der Waals surface area contributed by atoms with Gasteiger partial charge in [0.05, 0.1) is 0 Å². The van der Waals surface area contributed by atoms with E-state index < -0.39 is 0 Å². The average molecular weight is 152 g/mol. The van der Waals surface area contributed by atoms with Crippen LogP contribution in [0.15, 0.2) is 35.7 Å². The topological polar surface area (TPSA) is 52.0 Å². The van der Waals surface area contributed by atoms with Gasteiger partial charge in [0.15, 0.2) is 0 Å². The van der Waals surface area contributed by atoms with Crippen LogP contribution in [0.3, 0.4) is 0 Å². The van der Waals surface area contributed by atoms with Gasteiger partial charge in [0.2, 0.25) is 0 Å². The third kappa shape index (κ3) is 4.25. The summed E-state index contributed by atoms with van der Waals surface area (Å²) in [6.07, 6.45) is 8.31. The molecule has 62 valence electrons. The summed E-state index contributed by atoms with van der Waals surface area (Å²) in [6, 6.07) is 0. The third-order valence-corrected chi connectivity index (χ3v) is 1.26. The second-order valence-corrected chi connectivity index (χ2v) is 2.31. The van der Waals surface area contributed by atoms with E-state index in [1.807, 2.05) is 19.1 Å². The fraction of sp³-hybridized carbons (Fsp3) is 0.333. The van der Waals surface area contributed by atoms with Gasteiger partial charge in [-0.15, -0.1) is 0 Å². The van der Waals surface area contributed by atoms with Crippen molar-refractivity contribution in [3.63, 3.8) is 0 Å². The molecule has 0 radical (unpaired) electrons. The molecular weight excluding hydrogens is 136 g/mol. The lowest BCUT2D eigenvalue weighted by Gasteiger charge is -1.96. The number of hydrogen-bond donors (Lipinski definition) is 2. The fourth-order valence-electron chi connectivity index (χ4n) is 0.667. The van der Waals surface area contributed by atoms with Gasteiger partial charge in [-0.2, -0.15) is 0 Å². The Labute approximate surface area is 68.3 Å². The van der Waals surface area contributed by atoms with E-state index in [4.69, 9.17) is 11.5 Å². The fourth-order valence-corrected chi connectivity index (χ4v) is 0.667. The highest BCUT2D eigenvalue weighted by molar-refractivity contribution is 5.33. The van der Waals surface area contributed by atoms with Crippen LogP contribution in [0.2, 0.25) is 0 Å². The lowest BCUT2D eigenvalue weighted by atomic mass is 10.2. The molecule has 0 aromatic heterocycles. The Kier molecular flexibility index (Phi) is 4.99. The summed E-state index contributed by atoms with van der Waals surface area (Å²) < 4.78 is 0. The van der Waals surface area contributed by atoms with Gasteiger partial charge in [0.1, 0.15) is 0 Å². The number of rotatable bonds is 3. The van der Waals surface area contributed by atoms with Gasteiger partial charge in [-0.25, -0.2) is 0 Å². The normalized spacial score (nSPS) is 14.4. The smallest absolute Gasteiger partial charge is 0.0123 e. The van der Waals surface area contributed by atoms with Crippen LogP contribution in [0, 0.1) is 0 Å². The van der Waals surface area contributed by atoms with E-state index in [0.29, 0.717) is 0 Å². The molecule has 11 heavy (non-hydrogen) atoms. The molecule has 0 saturated heterocycles. The van der Waals surface area contributed by atoms with E-state index in [2.05, 4.69) is 6.92 Å². The highest BCUT2D eigenvalue weighted by Crippen LogP contribution is 2.02. The van der Waals surface area contributed by atoms with Crippen molar-refractivity contribution in [2.24, 2.45) is 11.5 Å². The molecular formula is C9H16N2. The van der Waals surface area contributed by atoms with E-state index in [9.17, 15) is 0 Å². The zero-order valence-corrected chi connectivity index (χ0v) is 7.17. The SMILES string of the molecule is CC\C=C/C(/C=C\N)=C(\C)N. The van der Waals surface area contributed by atoms with Crippen LogP contribution in [0.5, 0.6) is 0 Å². The first-order valence-corrected chi connectivity index (χ1v) is 3.73. The average Bonchev–Trinajstić information content (AvgIpc) is 1.97. The molecule has 4 N–H and O–H groups in total. The van der Waals surface area contributed by atoms with Gasteiger partial charge >= 0.3 is 0 Å².